The number of hydrogen-bond acceptors (Lipinski definition) is 1. The Balaban J connectivity index is 2.37. The van der Waals surface area contributed by atoms with E-state index in [1.165, 1.54) is 0 Å². The van der Waals surface area contributed by atoms with Gasteiger partial charge in [-0.15, -0.1) is 0 Å². The maximum absolute atomic E-state index is 9.20. The molecule has 0 N–H and O–H groups in total. The molecule has 0 aliphatic heterocycles. The highest BCUT2D eigenvalue weighted by Gasteiger charge is 2.01. The molecule has 0 saturated carbocycles. The minimum Gasteiger partial charge on any atom is -0.192 e. The summed E-state index contributed by atoms with van der Waals surface area (Å²) < 4.78 is 1.02. The summed E-state index contributed by atoms with van der Waals surface area (Å²) in [5.41, 5.74) is 2.48. The Labute approximate surface area is 119 Å². The van der Waals surface area contributed by atoms with E-state index in [2.05, 4.69) is 22.0 Å². The van der Waals surface area contributed by atoms with Gasteiger partial charge < -0.3 is 0 Å². The molecule has 88 valence electrons. The Kier molecular flexibility index (Phi) is 4.19. The smallest absolute Gasteiger partial charge is 0.0998 e. The summed E-state index contributed by atoms with van der Waals surface area (Å²) in [6.07, 6.45) is 1.86. The van der Waals surface area contributed by atoms with E-state index < -0.39 is 0 Å². The highest BCUT2D eigenvalue weighted by molar-refractivity contribution is 9.10. The third kappa shape index (κ3) is 3.22. The summed E-state index contributed by atoms with van der Waals surface area (Å²) in [4.78, 5) is 0. The molecule has 0 heterocycles. The Bertz CT molecular complexity index is 606. The van der Waals surface area contributed by atoms with Crippen LogP contribution in [0.4, 0.5) is 0 Å². The molecule has 2 aromatic rings. The van der Waals surface area contributed by atoms with E-state index in [-0.39, 0.29) is 0 Å². The van der Waals surface area contributed by atoms with Crippen LogP contribution < -0.4 is 0 Å². The first-order valence-corrected chi connectivity index (χ1v) is 6.49. The number of rotatable bonds is 2. The first-order valence-electron chi connectivity index (χ1n) is 5.32. The normalized spacial score (nSPS) is 11.1. The highest BCUT2D eigenvalue weighted by Crippen LogP contribution is 2.20. The lowest BCUT2D eigenvalue weighted by atomic mass is 10.0. The number of nitriles is 1. The van der Waals surface area contributed by atoms with Crippen molar-refractivity contribution in [1.29, 1.82) is 5.26 Å². The van der Waals surface area contributed by atoms with Crippen LogP contribution in [-0.2, 0) is 0 Å². The van der Waals surface area contributed by atoms with Gasteiger partial charge in [0.15, 0.2) is 0 Å². The zero-order chi connectivity index (χ0) is 13.0. The van der Waals surface area contributed by atoms with E-state index in [0.29, 0.717) is 10.6 Å². The summed E-state index contributed by atoms with van der Waals surface area (Å²) >= 11 is 9.21. The fraction of sp³-hybridized carbons (Fsp3) is 0. The second-order valence-corrected chi connectivity index (χ2v) is 5.08. The second kappa shape index (κ2) is 5.86. The molecule has 2 rings (SSSR count). The lowest BCUT2D eigenvalue weighted by Gasteiger charge is -2.00. The highest BCUT2D eigenvalue weighted by atomic mass is 79.9. The van der Waals surface area contributed by atoms with Crippen LogP contribution in [0.2, 0.25) is 5.02 Å². The van der Waals surface area contributed by atoms with E-state index in [4.69, 9.17) is 11.6 Å². The van der Waals surface area contributed by atoms with Crippen LogP contribution in [0, 0.1) is 11.3 Å². The number of allylic oxidation sites excluding steroid dienone is 1. The van der Waals surface area contributed by atoms with Crippen molar-refractivity contribution in [2.24, 2.45) is 0 Å². The molecule has 0 radical (unpaired) electrons. The Morgan fingerprint density at radius 2 is 1.67 bits per heavy atom. The molecule has 1 nitrogen and oxygen atoms in total. The molecule has 3 heteroatoms. The molecule has 0 aliphatic carbocycles. The van der Waals surface area contributed by atoms with Crippen LogP contribution in [0.1, 0.15) is 11.1 Å². The molecule has 2 aromatic carbocycles. The minimum absolute atomic E-state index is 0.619. The Hall–Kier alpha value is -1.56. The third-order valence-corrected chi connectivity index (χ3v) is 3.24. The van der Waals surface area contributed by atoms with Crippen LogP contribution in [0.3, 0.4) is 0 Å². The van der Waals surface area contributed by atoms with Gasteiger partial charge >= 0.3 is 0 Å². The van der Waals surface area contributed by atoms with Gasteiger partial charge in [-0.25, -0.2) is 0 Å². The topological polar surface area (TPSA) is 23.8 Å². The Morgan fingerprint density at radius 3 is 2.22 bits per heavy atom. The van der Waals surface area contributed by atoms with Crippen LogP contribution in [0.5, 0.6) is 0 Å². The van der Waals surface area contributed by atoms with Crippen LogP contribution in [0.25, 0.3) is 11.6 Å². The molecule has 0 bridgehead atoms. The fourth-order valence-electron chi connectivity index (χ4n) is 1.54. The SMILES string of the molecule is N#C/C(=C/c1ccc(Br)cc1)c1ccc(Cl)cc1. The van der Waals surface area contributed by atoms with Crippen molar-refractivity contribution in [2.45, 2.75) is 0 Å². The van der Waals surface area contributed by atoms with Crippen molar-refractivity contribution >= 4 is 39.2 Å². The number of hydrogen-bond donors (Lipinski definition) is 0. The molecule has 0 saturated heterocycles. The van der Waals surface area contributed by atoms with E-state index in [9.17, 15) is 5.26 Å². The first-order chi connectivity index (χ1) is 8.69. The van der Waals surface area contributed by atoms with Crippen molar-refractivity contribution < 1.29 is 0 Å². The molecule has 0 fully saturated rings. The van der Waals surface area contributed by atoms with E-state index in [1.54, 1.807) is 12.1 Å². The summed E-state index contributed by atoms with van der Waals surface area (Å²) in [6.45, 7) is 0. The van der Waals surface area contributed by atoms with E-state index in [1.807, 2.05) is 42.5 Å². The van der Waals surface area contributed by atoms with Gasteiger partial charge in [0.1, 0.15) is 0 Å². The number of benzene rings is 2. The third-order valence-electron chi connectivity index (χ3n) is 2.46. The van der Waals surface area contributed by atoms with Gasteiger partial charge in [-0.1, -0.05) is 51.8 Å². The summed E-state index contributed by atoms with van der Waals surface area (Å²) in [7, 11) is 0. The molecule has 0 aromatic heterocycles. The van der Waals surface area contributed by atoms with Crippen molar-refractivity contribution in [3.8, 4) is 6.07 Å². The van der Waals surface area contributed by atoms with Crippen molar-refractivity contribution in [2.75, 3.05) is 0 Å². The molecule has 0 amide bonds. The zero-order valence-corrected chi connectivity index (χ0v) is 11.7. The summed E-state index contributed by atoms with van der Waals surface area (Å²) in [6, 6.07) is 17.3. The van der Waals surface area contributed by atoms with Gasteiger partial charge in [-0.05, 0) is 41.5 Å². The molecular weight excluding hydrogens is 310 g/mol. The van der Waals surface area contributed by atoms with Crippen molar-refractivity contribution in [1.82, 2.24) is 0 Å². The van der Waals surface area contributed by atoms with Crippen molar-refractivity contribution in [3.05, 3.63) is 69.2 Å². The Morgan fingerprint density at radius 1 is 1.06 bits per heavy atom. The molecule has 0 unspecified atom stereocenters. The average Bonchev–Trinajstić information content (AvgIpc) is 2.39. The lowest BCUT2D eigenvalue weighted by Crippen LogP contribution is -1.81. The molecule has 0 aliphatic rings. The fourth-order valence-corrected chi connectivity index (χ4v) is 1.93. The molecule has 0 atom stereocenters. The molecule has 0 spiro atoms. The summed E-state index contributed by atoms with van der Waals surface area (Å²) in [5.74, 6) is 0. The van der Waals surface area contributed by atoms with E-state index >= 15 is 0 Å². The van der Waals surface area contributed by atoms with Crippen LogP contribution in [-0.4, -0.2) is 0 Å². The zero-order valence-electron chi connectivity index (χ0n) is 9.40. The van der Waals surface area contributed by atoms with Gasteiger partial charge in [0.2, 0.25) is 0 Å². The largest absolute Gasteiger partial charge is 0.192 e. The van der Waals surface area contributed by atoms with Gasteiger partial charge in [0.25, 0.3) is 0 Å². The van der Waals surface area contributed by atoms with E-state index in [0.717, 1.165) is 15.6 Å². The summed E-state index contributed by atoms with van der Waals surface area (Å²) in [5, 5.41) is 9.87. The van der Waals surface area contributed by atoms with Gasteiger partial charge in [0, 0.05) is 9.50 Å². The van der Waals surface area contributed by atoms with Crippen LogP contribution >= 0.6 is 27.5 Å². The quantitative estimate of drug-likeness (QED) is 0.554. The maximum Gasteiger partial charge on any atom is 0.0998 e. The first kappa shape index (κ1) is 12.9. The number of halogens is 2. The minimum atomic E-state index is 0.619. The van der Waals surface area contributed by atoms with Gasteiger partial charge in [0.05, 0.1) is 11.6 Å². The average molecular weight is 319 g/mol. The second-order valence-electron chi connectivity index (χ2n) is 3.73. The standard InChI is InChI=1S/C15H9BrClN/c16-14-5-1-11(2-6-14)9-13(10-18)12-3-7-15(17)8-4-12/h1-9H/b13-9-. The predicted octanol–water partition coefficient (Wildman–Crippen LogP) is 5.17. The molecular formula is C15H9BrClN. The molecule has 18 heavy (non-hydrogen) atoms. The van der Waals surface area contributed by atoms with Gasteiger partial charge in [-0.2, -0.15) is 5.26 Å². The van der Waals surface area contributed by atoms with Gasteiger partial charge in [-0.3, -0.25) is 0 Å². The number of nitrogens with zero attached hydrogens (tertiary/aromatic N) is 1. The lowest BCUT2D eigenvalue weighted by molar-refractivity contribution is 1.52. The van der Waals surface area contributed by atoms with Crippen molar-refractivity contribution in [3.63, 3.8) is 0 Å². The predicted molar refractivity (Wildman–Crippen MR) is 79.1 cm³/mol. The van der Waals surface area contributed by atoms with Crippen LogP contribution in [0.15, 0.2) is 53.0 Å². The monoisotopic (exact) mass is 317 g/mol. The maximum atomic E-state index is 9.20.